The SMILES string of the molecule is CN(C)C/C=C/C(=O)Nc1ccc(C(=O)Nc2cccc(Nc3ncc(C#N)c(-c4c[nH]c5cc(CN(C)C/C=C/C(=O)Nc6ccc(S(=O)(=O)Nc7cccc(Nc8ncc(Cl)c(-c9c[nH]c%10ccccc9%10)n8)c7)cc6)ccc45)n3)c2)cc1. The molecule has 420 valence electrons. The fourth-order valence-electron chi connectivity index (χ4n) is 8.97. The Balaban J connectivity index is 0.699. The van der Waals surface area contributed by atoms with Gasteiger partial charge in [0.1, 0.15) is 6.07 Å². The lowest BCUT2D eigenvalue weighted by Crippen LogP contribution is -2.18. The van der Waals surface area contributed by atoms with E-state index in [9.17, 15) is 28.1 Å². The number of fused-ring (bicyclic) bond motifs is 2. The van der Waals surface area contributed by atoms with Crippen molar-refractivity contribution in [3.8, 4) is 28.6 Å². The minimum atomic E-state index is -4.01. The minimum absolute atomic E-state index is 0.00360. The number of nitriles is 1. The fraction of sp³-hybridized carbons (Fsp3) is 0.0968. The highest BCUT2D eigenvalue weighted by molar-refractivity contribution is 7.92. The van der Waals surface area contributed by atoms with Gasteiger partial charge in [-0.1, -0.05) is 66.2 Å². The normalized spacial score (nSPS) is 11.6. The Morgan fingerprint density at radius 3 is 1.89 bits per heavy atom. The lowest BCUT2D eigenvalue weighted by molar-refractivity contribution is -0.112. The predicted octanol–water partition coefficient (Wildman–Crippen LogP) is 11.3. The maximum absolute atomic E-state index is 13.5. The largest absolute Gasteiger partial charge is 0.360 e. The Morgan fingerprint density at radius 1 is 0.619 bits per heavy atom. The van der Waals surface area contributed by atoms with Crippen LogP contribution >= 0.6 is 11.6 Å². The highest BCUT2D eigenvalue weighted by Gasteiger charge is 2.19. The number of nitrogens with one attached hydrogen (secondary N) is 8. The second-order valence-electron chi connectivity index (χ2n) is 19.6. The van der Waals surface area contributed by atoms with Gasteiger partial charge in [0.2, 0.25) is 23.7 Å². The first-order chi connectivity index (χ1) is 40.6. The van der Waals surface area contributed by atoms with Crippen LogP contribution in [0.3, 0.4) is 0 Å². The van der Waals surface area contributed by atoms with Crippen molar-refractivity contribution >= 4 is 107 Å². The predicted molar refractivity (Wildman–Crippen MR) is 330 cm³/mol. The Kier molecular flexibility index (Phi) is 17.2. The van der Waals surface area contributed by atoms with E-state index in [1.165, 1.54) is 48.8 Å². The van der Waals surface area contributed by atoms with E-state index in [-0.39, 0.29) is 40.1 Å². The average molecular weight is 1160 g/mol. The van der Waals surface area contributed by atoms with Gasteiger partial charge >= 0.3 is 0 Å². The molecule has 6 aromatic carbocycles. The molecule has 22 heteroatoms. The van der Waals surface area contributed by atoms with Gasteiger partial charge in [-0.05, 0) is 124 Å². The van der Waals surface area contributed by atoms with E-state index in [4.69, 9.17) is 16.6 Å². The van der Waals surface area contributed by atoms with Gasteiger partial charge < -0.3 is 41.5 Å². The van der Waals surface area contributed by atoms with E-state index < -0.39 is 10.0 Å². The van der Waals surface area contributed by atoms with Crippen LogP contribution in [0, 0.1) is 11.3 Å². The molecular formula is C62H54ClN15O5S. The number of amides is 3. The molecule has 10 aromatic rings. The van der Waals surface area contributed by atoms with Crippen molar-refractivity contribution < 1.29 is 22.8 Å². The number of benzene rings is 6. The van der Waals surface area contributed by atoms with Crippen LogP contribution in [0.5, 0.6) is 0 Å². The Bertz CT molecular complexity index is 4310. The van der Waals surface area contributed by atoms with Crippen LogP contribution in [0.4, 0.5) is 46.0 Å². The third-order valence-corrected chi connectivity index (χ3v) is 14.6. The zero-order chi connectivity index (χ0) is 58.7. The zero-order valence-electron chi connectivity index (χ0n) is 45.5. The van der Waals surface area contributed by atoms with Gasteiger partial charge in [0.25, 0.3) is 15.9 Å². The van der Waals surface area contributed by atoms with Crippen LogP contribution in [0.25, 0.3) is 44.3 Å². The second-order valence-corrected chi connectivity index (χ2v) is 21.7. The lowest BCUT2D eigenvalue weighted by Gasteiger charge is -2.14. The third kappa shape index (κ3) is 14.1. The molecule has 4 aromatic heterocycles. The first-order valence-corrected chi connectivity index (χ1v) is 28.0. The van der Waals surface area contributed by atoms with Gasteiger partial charge in [0.15, 0.2) is 0 Å². The monoisotopic (exact) mass is 1160 g/mol. The van der Waals surface area contributed by atoms with Crippen molar-refractivity contribution in [2.24, 2.45) is 0 Å². The Morgan fingerprint density at radius 2 is 1.20 bits per heavy atom. The summed E-state index contributed by atoms with van der Waals surface area (Å²) in [6.45, 7) is 1.63. The summed E-state index contributed by atoms with van der Waals surface area (Å²) in [5.74, 6) is -0.477. The average Bonchev–Trinajstić information content (AvgIpc) is 3.81. The number of hydrogen-bond acceptors (Lipinski definition) is 14. The number of H-pyrrole nitrogens is 2. The molecule has 0 saturated carbocycles. The topological polar surface area (TPSA) is 271 Å². The maximum Gasteiger partial charge on any atom is 0.261 e. The molecule has 0 fully saturated rings. The van der Waals surface area contributed by atoms with Gasteiger partial charge in [0, 0.05) is 111 Å². The number of rotatable bonds is 21. The quantitative estimate of drug-likeness (QED) is 0.0311. The molecule has 10 rings (SSSR count). The number of carbonyl (C=O) groups excluding carboxylic acids is 3. The van der Waals surface area contributed by atoms with Gasteiger partial charge in [-0.15, -0.1) is 0 Å². The van der Waals surface area contributed by atoms with Gasteiger partial charge in [-0.2, -0.15) is 5.26 Å². The summed E-state index contributed by atoms with van der Waals surface area (Å²) in [6, 6.07) is 42.2. The Labute approximate surface area is 488 Å². The van der Waals surface area contributed by atoms with Crippen LogP contribution in [0.15, 0.2) is 194 Å². The summed E-state index contributed by atoms with van der Waals surface area (Å²) >= 11 is 6.52. The molecule has 8 N–H and O–H groups in total. The smallest absolute Gasteiger partial charge is 0.261 e. The first-order valence-electron chi connectivity index (χ1n) is 26.2. The molecule has 0 spiro atoms. The number of hydrogen-bond donors (Lipinski definition) is 8. The molecule has 84 heavy (non-hydrogen) atoms. The van der Waals surface area contributed by atoms with Crippen LogP contribution in [-0.4, -0.2) is 100 Å². The molecule has 20 nitrogen and oxygen atoms in total. The van der Waals surface area contributed by atoms with Crippen LogP contribution in [0.2, 0.25) is 5.02 Å². The second kappa shape index (κ2) is 25.5. The number of carbonyl (C=O) groups is 3. The molecule has 0 aliphatic heterocycles. The highest BCUT2D eigenvalue weighted by Crippen LogP contribution is 2.34. The van der Waals surface area contributed by atoms with E-state index in [2.05, 4.69) is 62.3 Å². The highest BCUT2D eigenvalue weighted by atomic mass is 35.5. The molecule has 0 atom stereocenters. The number of nitrogens with zero attached hydrogens (tertiary/aromatic N) is 7. The summed E-state index contributed by atoms with van der Waals surface area (Å²) in [5, 5.41) is 27.0. The summed E-state index contributed by atoms with van der Waals surface area (Å²) in [4.78, 5) is 67.0. The first kappa shape index (κ1) is 56.8. The molecular weight excluding hydrogens is 1100 g/mol. The van der Waals surface area contributed by atoms with Crippen molar-refractivity contribution in [1.82, 2.24) is 39.7 Å². The standard InChI is InChI=1S/C62H54ClN15O5S/c1-77(2)28-8-16-56(79)69-42-21-19-40(20-22-42)60(81)71-44-10-6-11-45(31-44)72-61-67-34-41(33-64)58(74-61)51-35-66-55-30-39(18-27-50(51)55)38-78(3)29-9-17-57(80)70-43-23-25-48(26-24-43)84(82,83)76-47-13-7-12-46(32-47)73-62-68-37-53(63)59(75-62)52-36-65-54-15-5-4-14-49(52)54/h4-27,30-32,34-37,65-66,76H,28-29,38H2,1-3H3,(H,69,79)(H,70,80)(H,71,81)(H,67,72,74)(H,68,73,75)/b16-8+,17-9+. The molecule has 3 amide bonds. The molecule has 0 unspecified atom stereocenters. The van der Waals surface area contributed by atoms with E-state index >= 15 is 0 Å². The number of sulfonamides is 1. The van der Waals surface area contributed by atoms with Gasteiger partial charge in [-0.25, -0.2) is 28.4 Å². The molecule has 0 aliphatic carbocycles. The van der Waals surface area contributed by atoms with E-state index in [1.807, 2.05) is 79.6 Å². The summed E-state index contributed by atoms with van der Waals surface area (Å²) in [6.07, 6.45) is 13.0. The number of likely N-dealkylation sites (N-methyl/N-ethyl adjacent to an activating group) is 2. The molecule has 0 bridgehead atoms. The van der Waals surface area contributed by atoms with Crippen LogP contribution < -0.4 is 31.3 Å². The molecule has 0 aliphatic rings. The van der Waals surface area contributed by atoms with Crippen molar-refractivity contribution in [1.29, 1.82) is 5.26 Å². The lowest BCUT2D eigenvalue weighted by atomic mass is 10.0. The van der Waals surface area contributed by atoms with Gasteiger partial charge in [0.05, 0.1) is 45.0 Å². The van der Waals surface area contributed by atoms with Crippen LogP contribution in [-0.2, 0) is 26.2 Å². The van der Waals surface area contributed by atoms with E-state index in [1.54, 1.807) is 91.1 Å². The van der Waals surface area contributed by atoms with Crippen molar-refractivity contribution in [3.63, 3.8) is 0 Å². The van der Waals surface area contributed by atoms with Crippen LogP contribution in [0.1, 0.15) is 21.5 Å². The van der Waals surface area contributed by atoms with Crippen molar-refractivity contribution in [3.05, 3.63) is 210 Å². The summed E-state index contributed by atoms with van der Waals surface area (Å²) in [5.41, 5.74) is 8.87. The summed E-state index contributed by atoms with van der Waals surface area (Å²) < 4.78 is 29.5. The molecule has 0 saturated heterocycles. The number of halogens is 1. The number of para-hydroxylation sites is 1. The van der Waals surface area contributed by atoms with Gasteiger partial charge in [-0.3, -0.25) is 24.0 Å². The summed E-state index contributed by atoms with van der Waals surface area (Å²) in [7, 11) is 1.74. The van der Waals surface area contributed by atoms with E-state index in [0.717, 1.165) is 32.9 Å². The number of aromatic nitrogens is 6. The third-order valence-electron chi connectivity index (χ3n) is 13.0. The maximum atomic E-state index is 13.5. The minimum Gasteiger partial charge on any atom is -0.360 e. The molecule has 0 radical (unpaired) electrons. The van der Waals surface area contributed by atoms with E-state index in [0.29, 0.717) is 81.3 Å². The zero-order valence-corrected chi connectivity index (χ0v) is 47.0. The number of anilines is 8. The Hall–Kier alpha value is -10.5. The number of aromatic amines is 2. The van der Waals surface area contributed by atoms with Crippen molar-refractivity contribution in [2.75, 3.05) is 65.5 Å². The molecule has 4 heterocycles. The fourth-order valence-corrected chi connectivity index (χ4v) is 10.2. The van der Waals surface area contributed by atoms with Crippen molar-refractivity contribution in [2.45, 2.75) is 11.4 Å².